The van der Waals surface area contributed by atoms with E-state index in [9.17, 15) is 14.4 Å². The molecule has 0 bridgehead atoms. The van der Waals surface area contributed by atoms with Crippen molar-refractivity contribution in [3.8, 4) is 0 Å². The maximum Gasteiger partial charge on any atom is 0.331 e. The van der Waals surface area contributed by atoms with Gasteiger partial charge in [0.25, 0.3) is 0 Å². The van der Waals surface area contributed by atoms with Crippen molar-refractivity contribution in [2.75, 3.05) is 5.75 Å². The Morgan fingerprint density at radius 1 is 1.19 bits per heavy atom. The Labute approximate surface area is 97.5 Å². The Balaban J connectivity index is 4.05. The lowest BCUT2D eigenvalue weighted by Crippen LogP contribution is -2.40. The summed E-state index contributed by atoms with van der Waals surface area (Å²) in [7, 11) is 0. The number of nitrogens with two attached hydrogens (primary N) is 2. The number of hydrogen-bond donors (Lipinski definition) is 4. The largest absolute Gasteiger partial charge is 0.481 e. The average molecular weight is 250 g/mol. The molecule has 5 N–H and O–H groups in total. The van der Waals surface area contributed by atoms with Crippen LogP contribution in [-0.4, -0.2) is 40.9 Å². The minimum atomic E-state index is -1.15. The minimum absolute atomic E-state index is 0.0382. The molecule has 0 aromatic heterocycles. The maximum absolute atomic E-state index is 11.1. The number of esters is 2. The summed E-state index contributed by atoms with van der Waals surface area (Å²) in [5, 5.41) is 8.35. The third-order valence-corrected chi connectivity index (χ3v) is 2.07. The van der Waals surface area contributed by atoms with Crippen LogP contribution in [-0.2, 0) is 19.1 Å². The van der Waals surface area contributed by atoms with Crippen LogP contribution in [0.25, 0.3) is 0 Å². The number of carbonyl (C=O) groups excluding carboxylic acids is 2. The van der Waals surface area contributed by atoms with Gasteiger partial charge in [0.1, 0.15) is 12.1 Å². The van der Waals surface area contributed by atoms with Gasteiger partial charge in [-0.3, -0.25) is 4.79 Å². The van der Waals surface area contributed by atoms with E-state index in [0.29, 0.717) is 0 Å². The summed E-state index contributed by atoms with van der Waals surface area (Å²) in [6, 6.07) is -2.15. The van der Waals surface area contributed by atoms with Gasteiger partial charge in [-0.25, -0.2) is 9.59 Å². The van der Waals surface area contributed by atoms with Crippen molar-refractivity contribution in [2.45, 2.75) is 24.9 Å². The molecule has 0 aliphatic carbocycles. The molecule has 0 radical (unpaired) electrons. The number of carbonyl (C=O) groups is 3. The van der Waals surface area contributed by atoms with Gasteiger partial charge in [0.2, 0.25) is 0 Å². The summed E-state index contributed by atoms with van der Waals surface area (Å²) >= 11 is 3.75. The van der Waals surface area contributed by atoms with Gasteiger partial charge in [-0.2, -0.15) is 12.6 Å². The molecule has 92 valence electrons. The highest BCUT2D eigenvalue weighted by Crippen LogP contribution is 1.99. The molecule has 0 amide bonds. The molecule has 0 spiro atoms. The second kappa shape index (κ2) is 7.20. The zero-order valence-corrected chi connectivity index (χ0v) is 9.35. The zero-order valence-electron chi connectivity index (χ0n) is 8.46. The molecular formula is C8H14N2O5S. The van der Waals surface area contributed by atoms with E-state index < -0.39 is 30.0 Å². The first kappa shape index (κ1) is 14.9. The highest BCUT2D eigenvalue weighted by atomic mass is 32.1. The zero-order chi connectivity index (χ0) is 12.7. The summed E-state index contributed by atoms with van der Waals surface area (Å²) in [4.78, 5) is 32.4. The normalized spacial score (nSPS) is 13.9. The predicted molar refractivity (Wildman–Crippen MR) is 57.8 cm³/mol. The maximum atomic E-state index is 11.1. The van der Waals surface area contributed by atoms with Crippen molar-refractivity contribution in [3.05, 3.63) is 0 Å². The van der Waals surface area contributed by atoms with Gasteiger partial charge < -0.3 is 21.3 Å². The first-order chi connectivity index (χ1) is 7.38. The van der Waals surface area contributed by atoms with E-state index in [0.717, 1.165) is 0 Å². The molecule has 0 aliphatic rings. The van der Waals surface area contributed by atoms with Crippen LogP contribution in [0.1, 0.15) is 12.8 Å². The molecule has 0 aromatic carbocycles. The monoisotopic (exact) mass is 250 g/mol. The Morgan fingerprint density at radius 3 is 2.12 bits per heavy atom. The lowest BCUT2D eigenvalue weighted by atomic mass is 10.2. The SMILES string of the molecule is N[C@@H](CS)C(=O)OC(=O)[C@@H](N)CCC(=O)O. The number of carboxylic acids is 1. The van der Waals surface area contributed by atoms with E-state index in [1.807, 2.05) is 0 Å². The molecule has 0 aliphatic heterocycles. The van der Waals surface area contributed by atoms with Crippen LogP contribution in [0, 0.1) is 0 Å². The number of thiol groups is 1. The van der Waals surface area contributed by atoms with Crippen LogP contribution in [0.3, 0.4) is 0 Å². The third kappa shape index (κ3) is 5.69. The van der Waals surface area contributed by atoms with Gasteiger partial charge in [0.05, 0.1) is 0 Å². The molecule has 0 heterocycles. The van der Waals surface area contributed by atoms with Gasteiger partial charge in [0, 0.05) is 12.2 Å². The van der Waals surface area contributed by atoms with Crippen LogP contribution in [0.2, 0.25) is 0 Å². The van der Waals surface area contributed by atoms with Gasteiger partial charge in [-0.15, -0.1) is 0 Å². The van der Waals surface area contributed by atoms with Crippen molar-refractivity contribution < 1.29 is 24.2 Å². The van der Waals surface area contributed by atoms with Gasteiger partial charge in [-0.05, 0) is 6.42 Å². The number of rotatable bonds is 6. The van der Waals surface area contributed by atoms with Crippen LogP contribution < -0.4 is 11.5 Å². The van der Waals surface area contributed by atoms with E-state index in [4.69, 9.17) is 16.6 Å². The lowest BCUT2D eigenvalue weighted by molar-refractivity contribution is -0.161. The standard InChI is InChI=1S/C8H14N2O5S/c9-4(1-2-6(11)12)7(13)15-8(14)5(10)3-16/h4-5,16H,1-3,9-10H2,(H,11,12)/t4-,5-/m0/s1. The molecular weight excluding hydrogens is 236 g/mol. The van der Waals surface area contributed by atoms with Gasteiger partial charge >= 0.3 is 17.9 Å². The summed E-state index contributed by atoms with van der Waals surface area (Å²) in [6.45, 7) is 0. The first-order valence-corrected chi connectivity index (χ1v) is 5.11. The van der Waals surface area contributed by atoms with E-state index in [-0.39, 0.29) is 18.6 Å². The molecule has 2 atom stereocenters. The summed E-state index contributed by atoms with van der Waals surface area (Å²) in [6.07, 6.45) is -0.374. The number of carboxylic acid groups (broad SMARTS) is 1. The fourth-order valence-corrected chi connectivity index (χ4v) is 0.871. The molecule has 0 fully saturated rings. The highest BCUT2D eigenvalue weighted by molar-refractivity contribution is 7.80. The molecule has 8 heteroatoms. The molecule has 0 saturated carbocycles. The molecule has 0 rings (SSSR count). The summed E-state index contributed by atoms with van der Waals surface area (Å²) in [5.41, 5.74) is 10.6. The molecule has 0 saturated heterocycles. The third-order valence-electron chi connectivity index (χ3n) is 1.67. The number of ether oxygens (including phenoxy) is 1. The van der Waals surface area contributed by atoms with Gasteiger partial charge in [0.15, 0.2) is 0 Å². The summed E-state index contributed by atoms with van der Waals surface area (Å²) in [5.74, 6) is -2.95. The Hall–Kier alpha value is -1.12. The van der Waals surface area contributed by atoms with Crippen molar-refractivity contribution in [3.63, 3.8) is 0 Å². The second-order valence-corrected chi connectivity index (χ2v) is 3.43. The fraction of sp³-hybridized carbons (Fsp3) is 0.625. The average Bonchev–Trinajstić information content (AvgIpc) is 2.24. The van der Waals surface area contributed by atoms with Crippen LogP contribution in [0.15, 0.2) is 0 Å². The van der Waals surface area contributed by atoms with Crippen LogP contribution in [0.5, 0.6) is 0 Å². The smallest absolute Gasteiger partial charge is 0.331 e. The fourth-order valence-electron chi connectivity index (χ4n) is 0.722. The molecule has 0 aromatic rings. The molecule has 7 nitrogen and oxygen atoms in total. The topological polar surface area (TPSA) is 133 Å². The van der Waals surface area contributed by atoms with Crippen LogP contribution in [0.4, 0.5) is 0 Å². The van der Waals surface area contributed by atoms with Gasteiger partial charge in [-0.1, -0.05) is 0 Å². The highest BCUT2D eigenvalue weighted by Gasteiger charge is 2.22. The quantitative estimate of drug-likeness (QED) is 0.256. The van der Waals surface area contributed by atoms with Crippen molar-refractivity contribution in [1.82, 2.24) is 0 Å². The van der Waals surface area contributed by atoms with E-state index in [1.54, 1.807) is 0 Å². The lowest BCUT2D eigenvalue weighted by Gasteiger charge is -2.11. The van der Waals surface area contributed by atoms with Crippen molar-refractivity contribution >= 4 is 30.5 Å². The number of aliphatic carboxylic acids is 1. The van der Waals surface area contributed by atoms with E-state index in [1.165, 1.54) is 0 Å². The minimum Gasteiger partial charge on any atom is -0.481 e. The van der Waals surface area contributed by atoms with Crippen LogP contribution >= 0.6 is 12.6 Å². The Kier molecular flexibility index (Phi) is 6.70. The van der Waals surface area contributed by atoms with E-state index in [2.05, 4.69) is 17.4 Å². The predicted octanol–water partition coefficient (Wildman–Crippen LogP) is -1.49. The van der Waals surface area contributed by atoms with E-state index >= 15 is 0 Å². The molecule has 0 unspecified atom stereocenters. The van der Waals surface area contributed by atoms with Crippen molar-refractivity contribution in [2.24, 2.45) is 11.5 Å². The number of hydrogen-bond acceptors (Lipinski definition) is 7. The second-order valence-electron chi connectivity index (χ2n) is 3.07. The first-order valence-electron chi connectivity index (χ1n) is 4.47. The Morgan fingerprint density at radius 2 is 1.69 bits per heavy atom. The molecule has 16 heavy (non-hydrogen) atoms. The summed E-state index contributed by atoms with van der Waals surface area (Å²) < 4.78 is 4.33. The van der Waals surface area contributed by atoms with Crippen molar-refractivity contribution in [1.29, 1.82) is 0 Å². The Bertz CT molecular complexity index is 284.